The van der Waals surface area contributed by atoms with Gasteiger partial charge in [0, 0.05) is 11.8 Å². The minimum Gasteiger partial charge on any atom is -0.434 e. The van der Waals surface area contributed by atoms with E-state index in [1.165, 1.54) is 24.3 Å². The van der Waals surface area contributed by atoms with Gasteiger partial charge in [-0.3, -0.25) is 0 Å². The fourth-order valence-corrected chi connectivity index (χ4v) is 2.66. The van der Waals surface area contributed by atoms with Gasteiger partial charge in [-0.1, -0.05) is 30.3 Å². The molecule has 0 aliphatic carbocycles. The second kappa shape index (κ2) is 7.43. The fourth-order valence-electron chi connectivity index (χ4n) is 2.66. The number of hydrogen-bond acceptors (Lipinski definition) is 5. The van der Waals surface area contributed by atoms with Crippen LogP contribution in [-0.4, -0.2) is 28.3 Å². The zero-order valence-electron chi connectivity index (χ0n) is 14.3. The summed E-state index contributed by atoms with van der Waals surface area (Å²) in [5, 5.41) is 4.25. The summed E-state index contributed by atoms with van der Waals surface area (Å²) in [6.45, 7) is -3.00. The first-order valence-electron chi connectivity index (χ1n) is 8.27. The lowest BCUT2D eigenvalue weighted by Gasteiger charge is -2.08. The number of nitrogens with zero attached hydrogens (tertiary/aromatic N) is 3. The summed E-state index contributed by atoms with van der Waals surface area (Å²) in [5.74, 6) is -0.903. The SMILES string of the molecule is O=C1OC(c2ccccc2OC(F)F)=N/C1=C\c1cnn(-c2ccccc2)c1. The predicted octanol–water partition coefficient (Wildman–Crippen LogP) is 3.82. The Labute approximate surface area is 158 Å². The van der Waals surface area contributed by atoms with Gasteiger partial charge in [0.1, 0.15) is 5.75 Å². The number of alkyl halides is 2. The highest BCUT2D eigenvalue weighted by Crippen LogP contribution is 2.26. The molecule has 2 aromatic carbocycles. The third-order valence-electron chi connectivity index (χ3n) is 3.88. The van der Waals surface area contributed by atoms with Crippen molar-refractivity contribution in [2.45, 2.75) is 6.61 Å². The molecule has 4 rings (SSSR count). The zero-order valence-corrected chi connectivity index (χ0v) is 14.3. The van der Waals surface area contributed by atoms with Crippen LogP contribution in [0.15, 0.2) is 77.7 Å². The van der Waals surface area contributed by atoms with E-state index in [-0.39, 0.29) is 22.9 Å². The molecular weight excluding hydrogens is 368 g/mol. The second-order valence-electron chi connectivity index (χ2n) is 5.76. The molecule has 0 atom stereocenters. The molecule has 1 aliphatic rings. The van der Waals surface area contributed by atoms with E-state index in [9.17, 15) is 13.6 Å². The molecule has 0 saturated heterocycles. The van der Waals surface area contributed by atoms with Gasteiger partial charge in [0.25, 0.3) is 0 Å². The zero-order chi connectivity index (χ0) is 19.5. The van der Waals surface area contributed by atoms with Gasteiger partial charge in [0.15, 0.2) is 5.70 Å². The third kappa shape index (κ3) is 3.66. The maximum Gasteiger partial charge on any atom is 0.387 e. The Kier molecular flexibility index (Phi) is 4.67. The van der Waals surface area contributed by atoms with Crippen molar-refractivity contribution in [1.82, 2.24) is 9.78 Å². The molecule has 0 radical (unpaired) electrons. The summed E-state index contributed by atoms with van der Waals surface area (Å²) in [6, 6.07) is 15.4. The Morgan fingerprint density at radius 1 is 1.07 bits per heavy atom. The average Bonchev–Trinajstić information content (AvgIpc) is 3.30. The standard InChI is InChI=1S/C20H13F2N3O3/c21-20(22)27-17-9-5-4-8-15(17)18-24-16(19(26)28-18)10-13-11-23-25(12-13)14-6-2-1-3-7-14/h1-12,20H/b16-10-. The topological polar surface area (TPSA) is 65.7 Å². The van der Waals surface area contributed by atoms with Gasteiger partial charge in [-0.15, -0.1) is 0 Å². The van der Waals surface area contributed by atoms with Crippen LogP contribution in [0, 0.1) is 0 Å². The molecule has 3 aromatic rings. The van der Waals surface area contributed by atoms with Crippen LogP contribution < -0.4 is 4.74 Å². The lowest BCUT2D eigenvalue weighted by molar-refractivity contribution is -0.129. The van der Waals surface area contributed by atoms with Gasteiger partial charge in [-0.2, -0.15) is 13.9 Å². The van der Waals surface area contributed by atoms with Gasteiger partial charge < -0.3 is 9.47 Å². The number of carbonyl (C=O) groups is 1. The van der Waals surface area contributed by atoms with E-state index in [0.29, 0.717) is 5.56 Å². The summed E-state index contributed by atoms with van der Waals surface area (Å²) in [7, 11) is 0. The molecule has 6 nitrogen and oxygen atoms in total. The number of cyclic esters (lactones) is 1. The molecule has 0 amide bonds. The predicted molar refractivity (Wildman–Crippen MR) is 97.2 cm³/mol. The Morgan fingerprint density at radius 3 is 2.61 bits per heavy atom. The lowest BCUT2D eigenvalue weighted by atomic mass is 10.2. The highest BCUT2D eigenvalue weighted by molar-refractivity contribution is 6.13. The number of halogens is 2. The van der Waals surface area contributed by atoms with Crippen LogP contribution >= 0.6 is 0 Å². The number of aliphatic imine (C=N–C) groups is 1. The fraction of sp³-hybridized carbons (Fsp3) is 0.0500. The number of esters is 1. The molecule has 28 heavy (non-hydrogen) atoms. The van der Waals surface area contributed by atoms with Gasteiger partial charge >= 0.3 is 12.6 Å². The van der Waals surface area contributed by atoms with E-state index >= 15 is 0 Å². The molecule has 0 bridgehead atoms. The summed E-state index contributed by atoms with van der Waals surface area (Å²) >= 11 is 0. The van der Waals surface area contributed by atoms with Crippen LogP contribution in [0.4, 0.5) is 8.78 Å². The maximum absolute atomic E-state index is 12.6. The Morgan fingerprint density at radius 2 is 1.82 bits per heavy atom. The van der Waals surface area contributed by atoms with Crippen molar-refractivity contribution in [2.24, 2.45) is 4.99 Å². The smallest absolute Gasteiger partial charge is 0.387 e. The molecule has 0 spiro atoms. The molecule has 0 N–H and O–H groups in total. The van der Waals surface area contributed by atoms with E-state index < -0.39 is 12.6 Å². The van der Waals surface area contributed by atoms with Gasteiger partial charge in [0.2, 0.25) is 5.90 Å². The first-order valence-corrected chi connectivity index (χ1v) is 8.27. The van der Waals surface area contributed by atoms with Crippen LogP contribution in [0.1, 0.15) is 11.1 Å². The summed E-state index contributed by atoms with van der Waals surface area (Å²) in [5.41, 5.74) is 1.70. The summed E-state index contributed by atoms with van der Waals surface area (Å²) < 4.78 is 36.4. The van der Waals surface area contributed by atoms with Crippen molar-refractivity contribution in [1.29, 1.82) is 0 Å². The van der Waals surface area contributed by atoms with Crippen molar-refractivity contribution in [3.8, 4) is 11.4 Å². The molecular formula is C20H13F2N3O3. The van der Waals surface area contributed by atoms with Crippen LogP contribution in [0.2, 0.25) is 0 Å². The maximum atomic E-state index is 12.6. The normalized spacial score (nSPS) is 15.0. The Hall–Kier alpha value is -3.81. The molecule has 1 aromatic heterocycles. The number of ether oxygens (including phenoxy) is 2. The number of hydrogen-bond donors (Lipinski definition) is 0. The highest BCUT2D eigenvalue weighted by atomic mass is 19.3. The van der Waals surface area contributed by atoms with Gasteiger partial charge in [-0.05, 0) is 30.3 Å². The number of rotatable bonds is 5. The first-order chi connectivity index (χ1) is 13.6. The number of aromatic nitrogens is 2. The minimum atomic E-state index is -3.00. The molecule has 0 unspecified atom stereocenters. The Balaban J connectivity index is 1.63. The van der Waals surface area contributed by atoms with Crippen LogP contribution in [0.25, 0.3) is 11.8 Å². The molecule has 140 valence electrons. The quantitative estimate of drug-likeness (QED) is 0.498. The van der Waals surface area contributed by atoms with E-state index in [1.54, 1.807) is 23.1 Å². The molecule has 8 heteroatoms. The largest absolute Gasteiger partial charge is 0.434 e. The van der Waals surface area contributed by atoms with Crippen molar-refractivity contribution >= 4 is 17.9 Å². The Bertz CT molecular complexity index is 1080. The average molecular weight is 381 g/mol. The van der Waals surface area contributed by atoms with Gasteiger partial charge in [-0.25, -0.2) is 14.5 Å². The van der Waals surface area contributed by atoms with Crippen LogP contribution in [0.3, 0.4) is 0 Å². The van der Waals surface area contributed by atoms with Crippen LogP contribution in [-0.2, 0) is 9.53 Å². The van der Waals surface area contributed by atoms with Crippen molar-refractivity contribution in [3.63, 3.8) is 0 Å². The monoisotopic (exact) mass is 381 g/mol. The van der Waals surface area contributed by atoms with E-state index in [0.717, 1.165) is 5.69 Å². The lowest BCUT2D eigenvalue weighted by Crippen LogP contribution is -2.10. The third-order valence-corrected chi connectivity index (χ3v) is 3.88. The van der Waals surface area contributed by atoms with E-state index in [4.69, 9.17) is 4.74 Å². The van der Waals surface area contributed by atoms with Crippen LogP contribution in [0.5, 0.6) is 5.75 Å². The molecule has 0 saturated carbocycles. The van der Waals surface area contributed by atoms with E-state index in [2.05, 4.69) is 14.8 Å². The number of carbonyl (C=O) groups excluding carboxylic acids is 1. The minimum absolute atomic E-state index is 0.0365. The van der Waals surface area contributed by atoms with Crippen molar-refractivity contribution in [3.05, 3.63) is 83.8 Å². The molecule has 2 heterocycles. The van der Waals surface area contributed by atoms with E-state index in [1.807, 2.05) is 30.3 Å². The van der Waals surface area contributed by atoms with Crippen molar-refractivity contribution in [2.75, 3.05) is 0 Å². The number of benzene rings is 2. The van der Waals surface area contributed by atoms with Gasteiger partial charge in [0.05, 0.1) is 17.4 Å². The summed E-state index contributed by atoms with van der Waals surface area (Å²) in [6.07, 6.45) is 4.82. The molecule has 1 aliphatic heterocycles. The highest BCUT2D eigenvalue weighted by Gasteiger charge is 2.27. The summed E-state index contributed by atoms with van der Waals surface area (Å²) in [4.78, 5) is 16.3. The molecule has 0 fully saturated rings. The number of para-hydroxylation sites is 2. The second-order valence-corrected chi connectivity index (χ2v) is 5.76. The first kappa shape index (κ1) is 17.6. The van der Waals surface area contributed by atoms with Crippen molar-refractivity contribution < 1.29 is 23.0 Å².